The topological polar surface area (TPSA) is 44.8 Å². The smallest absolute Gasteiger partial charge is 0.251 e. The van der Waals surface area contributed by atoms with E-state index < -0.39 is 0 Å². The molecule has 150 valence electrons. The van der Waals surface area contributed by atoms with Crippen molar-refractivity contribution in [3.05, 3.63) is 57.8 Å². The molecular weight excluding hydrogens is 425 g/mol. The van der Waals surface area contributed by atoms with Crippen LogP contribution in [0.15, 0.2) is 40.9 Å². The maximum atomic E-state index is 14.0. The van der Waals surface area contributed by atoms with E-state index in [4.69, 9.17) is 4.74 Å². The number of likely N-dealkylation sites (N-methyl/N-ethyl adjacent to an activating group) is 1. The van der Waals surface area contributed by atoms with Gasteiger partial charge in [-0.3, -0.25) is 4.79 Å². The molecule has 5 nitrogen and oxygen atoms in total. The highest BCUT2D eigenvalue weighted by molar-refractivity contribution is 9.10. The van der Waals surface area contributed by atoms with Crippen LogP contribution in [0.5, 0.6) is 5.75 Å². The Kier molecular flexibility index (Phi) is 6.57. The molecule has 1 saturated heterocycles. The molecule has 1 aliphatic rings. The third-order valence-corrected chi connectivity index (χ3v) is 5.68. The van der Waals surface area contributed by atoms with Gasteiger partial charge in [0.05, 0.1) is 17.6 Å². The Labute approximate surface area is 173 Å². The average Bonchev–Trinajstić information content (AvgIpc) is 2.68. The number of nitrogens with zero attached hydrogens (tertiary/aromatic N) is 2. The van der Waals surface area contributed by atoms with E-state index in [0.717, 1.165) is 37.4 Å². The number of anilines is 1. The van der Waals surface area contributed by atoms with Gasteiger partial charge in [-0.2, -0.15) is 0 Å². The zero-order valence-electron chi connectivity index (χ0n) is 16.3. The van der Waals surface area contributed by atoms with E-state index >= 15 is 0 Å². The molecule has 1 heterocycles. The summed E-state index contributed by atoms with van der Waals surface area (Å²) in [7, 11) is 3.67. The van der Waals surface area contributed by atoms with Crippen LogP contribution < -0.4 is 15.0 Å². The van der Waals surface area contributed by atoms with Crippen molar-refractivity contribution >= 4 is 27.5 Å². The summed E-state index contributed by atoms with van der Waals surface area (Å²) < 4.78 is 19.9. The first-order valence-corrected chi connectivity index (χ1v) is 10.1. The van der Waals surface area contributed by atoms with Gasteiger partial charge in [0.1, 0.15) is 11.6 Å². The molecule has 0 spiro atoms. The molecule has 1 fully saturated rings. The predicted molar refractivity (Wildman–Crippen MR) is 113 cm³/mol. The first-order valence-electron chi connectivity index (χ1n) is 9.26. The van der Waals surface area contributed by atoms with Crippen molar-refractivity contribution in [3.63, 3.8) is 0 Å². The number of hydrogen-bond donors (Lipinski definition) is 1. The van der Waals surface area contributed by atoms with E-state index in [9.17, 15) is 9.18 Å². The summed E-state index contributed by atoms with van der Waals surface area (Å²) in [5.41, 5.74) is 2.26. The van der Waals surface area contributed by atoms with Gasteiger partial charge in [-0.25, -0.2) is 4.39 Å². The number of methoxy groups -OCH3 is 1. The van der Waals surface area contributed by atoms with Crippen LogP contribution in [-0.2, 0) is 0 Å². The van der Waals surface area contributed by atoms with Crippen molar-refractivity contribution in [2.45, 2.75) is 13.0 Å². The SMILES string of the molecule is COc1ccc(C(=O)NC(C)c2cc(F)ccc2N2CCN(C)CC2)cc1Br. The van der Waals surface area contributed by atoms with Crippen molar-refractivity contribution in [2.24, 2.45) is 0 Å². The number of amides is 1. The number of nitrogens with one attached hydrogen (secondary N) is 1. The predicted octanol–water partition coefficient (Wildman–Crippen LogP) is 3.84. The fraction of sp³-hybridized carbons (Fsp3) is 0.381. The number of hydrogen-bond acceptors (Lipinski definition) is 4. The molecule has 1 unspecified atom stereocenters. The van der Waals surface area contributed by atoms with Crippen LogP contribution in [0.2, 0.25) is 0 Å². The van der Waals surface area contributed by atoms with Crippen LogP contribution >= 0.6 is 15.9 Å². The number of ether oxygens (including phenoxy) is 1. The molecule has 0 radical (unpaired) electrons. The first-order chi connectivity index (χ1) is 13.4. The molecule has 1 N–H and O–H groups in total. The molecule has 2 aromatic carbocycles. The van der Waals surface area contributed by atoms with E-state index in [-0.39, 0.29) is 17.8 Å². The van der Waals surface area contributed by atoms with Crippen LogP contribution in [-0.4, -0.2) is 51.1 Å². The van der Waals surface area contributed by atoms with Gasteiger partial charge in [0, 0.05) is 43.0 Å². The van der Waals surface area contributed by atoms with Crippen molar-refractivity contribution in [2.75, 3.05) is 45.2 Å². The van der Waals surface area contributed by atoms with Gasteiger partial charge in [-0.1, -0.05) is 0 Å². The van der Waals surface area contributed by atoms with Crippen LogP contribution in [0.3, 0.4) is 0 Å². The molecule has 28 heavy (non-hydrogen) atoms. The van der Waals surface area contributed by atoms with Crippen molar-refractivity contribution < 1.29 is 13.9 Å². The summed E-state index contributed by atoms with van der Waals surface area (Å²) in [6, 6.07) is 9.63. The Morgan fingerprint density at radius 3 is 2.54 bits per heavy atom. The average molecular weight is 450 g/mol. The molecular formula is C21H25BrFN3O2. The maximum Gasteiger partial charge on any atom is 0.251 e. The first kappa shape index (κ1) is 20.6. The number of piperazine rings is 1. The summed E-state index contributed by atoms with van der Waals surface area (Å²) in [5, 5.41) is 2.99. The summed E-state index contributed by atoms with van der Waals surface area (Å²) in [6.07, 6.45) is 0. The summed E-state index contributed by atoms with van der Waals surface area (Å²) in [5.74, 6) is 0.137. The van der Waals surface area contributed by atoms with Gasteiger partial charge >= 0.3 is 0 Å². The van der Waals surface area contributed by atoms with E-state index in [1.807, 2.05) is 13.0 Å². The molecule has 1 atom stereocenters. The van der Waals surface area contributed by atoms with Gasteiger partial charge < -0.3 is 19.9 Å². The lowest BCUT2D eigenvalue weighted by atomic mass is 10.0. The second kappa shape index (κ2) is 8.92. The summed E-state index contributed by atoms with van der Waals surface area (Å²) >= 11 is 3.40. The largest absolute Gasteiger partial charge is 0.496 e. The number of carbonyl (C=O) groups is 1. The van der Waals surface area contributed by atoms with Crippen molar-refractivity contribution in [3.8, 4) is 5.75 Å². The third kappa shape index (κ3) is 4.64. The van der Waals surface area contributed by atoms with E-state index in [1.54, 1.807) is 25.3 Å². The normalized spacial score (nSPS) is 16.0. The molecule has 0 aliphatic carbocycles. The molecule has 1 amide bonds. The van der Waals surface area contributed by atoms with Crippen molar-refractivity contribution in [1.29, 1.82) is 0 Å². The molecule has 0 aromatic heterocycles. The van der Waals surface area contributed by atoms with Crippen molar-refractivity contribution in [1.82, 2.24) is 10.2 Å². The maximum absolute atomic E-state index is 14.0. The lowest BCUT2D eigenvalue weighted by Gasteiger charge is -2.36. The standard InChI is InChI=1S/C21H25BrFN3O2/c1-14(24-21(27)15-4-7-20(28-3)18(22)12-15)17-13-16(23)5-6-19(17)26-10-8-25(2)9-11-26/h4-7,12-14H,8-11H2,1-3H3,(H,24,27). The van der Waals surface area contributed by atoms with Crippen LogP contribution in [0.25, 0.3) is 0 Å². The minimum atomic E-state index is -0.335. The number of rotatable bonds is 5. The third-order valence-electron chi connectivity index (χ3n) is 5.06. The monoisotopic (exact) mass is 449 g/mol. The molecule has 3 rings (SSSR count). The number of halogens is 2. The van der Waals surface area contributed by atoms with E-state index in [1.165, 1.54) is 12.1 Å². The highest BCUT2D eigenvalue weighted by Crippen LogP contribution is 2.29. The summed E-state index contributed by atoms with van der Waals surface area (Å²) in [4.78, 5) is 17.2. The van der Waals surface area contributed by atoms with Crippen LogP contribution in [0.4, 0.5) is 10.1 Å². The second-order valence-corrected chi connectivity index (χ2v) is 7.89. The van der Waals surface area contributed by atoms with Gasteiger partial charge in [0.2, 0.25) is 0 Å². The van der Waals surface area contributed by atoms with Gasteiger partial charge in [-0.05, 0) is 66.3 Å². The molecule has 1 aliphatic heterocycles. The zero-order valence-corrected chi connectivity index (χ0v) is 17.9. The Bertz CT molecular complexity index is 854. The molecule has 0 bridgehead atoms. The lowest BCUT2D eigenvalue weighted by molar-refractivity contribution is 0.0939. The zero-order chi connectivity index (χ0) is 20.3. The van der Waals surface area contributed by atoms with E-state index in [2.05, 4.69) is 38.1 Å². The minimum absolute atomic E-state index is 0.218. The van der Waals surface area contributed by atoms with E-state index in [0.29, 0.717) is 15.8 Å². The number of benzene rings is 2. The Morgan fingerprint density at radius 2 is 1.89 bits per heavy atom. The Hall–Kier alpha value is -2.12. The lowest BCUT2D eigenvalue weighted by Crippen LogP contribution is -2.45. The molecule has 0 saturated carbocycles. The van der Waals surface area contributed by atoms with Gasteiger partial charge in [0.15, 0.2) is 0 Å². The van der Waals surface area contributed by atoms with Crippen LogP contribution in [0.1, 0.15) is 28.9 Å². The summed E-state index contributed by atoms with van der Waals surface area (Å²) in [6.45, 7) is 5.54. The molecule has 7 heteroatoms. The van der Waals surface area contributed by atoms with Crippen LogP contribution in [0, 0.1) is 5.82 Å². The minimum Gasteiger partial charge on any atom is -0.496 e. The highest BCUT2D eigenvalue weighted by atomic mass is 79.9. The second-order valence-electron chi connectivity index (χ2n) is 7.04. The Morgan fingerprint density at radius 1 is 1.18 bits per heavy atom. The Balaban J connectivity index is 1.80. The fourth-order valence-electron chi connectivity index (χ4n) is 3.37. The molecule has 2 aromatic rings. The highest BCUT2D eigenvalue weighted by Gasteiger charge is 2.21. The van der Waals surface area contributed by atoms with Gasteiger partial charge in [0.25, 0.3) is 5.91 Å². The van der Waals surface area contributed by atoms with Gasteiger partial charge in [-0.15, -0.1) is 0 Å². The fourth-order valence-corrected chi connectivity index (χ4v) is 3.91. The number of carbonyl (C=O) groups excluding carboxylic acids is 1. The quantitative estimate of drug-likeness (QED) is 0.752.